The molecule has 0 fully saturated rings. The molecule has 7 heteroatoms. The monoisotopic (exact) mass is 471 g/mol. The molecule has 0 bridgehead atoms. The van der Waals surface area contributed by atoms with Crippen molar-refractivity contribution in [2.45, 2.75) is 32.1 Å². The predicted octanol–water partition coefficient (Wildman–Crippen LogP) is 3.51. The van der Waals surface area contributed by atoms with E-state index in [0.29, 0.717) is 12.3 Å². The van der Waals surface area contributed by atoms with E-state index in [1.54, 1.807) is 7.05 Å². The molecule has 23 heavy (non-hydrogen) atoms. The SMILES string of the molecule is CN=C(NCCS(=O)C(C)(C)C)N(C)Cc1ccc(Cl)cc1.I. The van der Waals surface area contributed by atoms with Crippen LogP contribution in [-0.4, -0.2) is 46.2 Å². The highest BCUT2D eigenvalue weighted by molar-refractivity contribution is 14.0. The molecular weight excluding hydrogens is 445 g/mol. The minimum absolute atomic E-state index is 0. The molecule has 0 saturated carbocycles. The second kappa shape index (κ2) is 10.5. The topological polar surface area (TPSA) is 44.7 Å². The van der Waals surface area contributed by atoms with Gasteiger partial charge in [-0.05, 0) is 38.5 Å². The highest BCUT2D eigenvalue weighted by atomic mass is 127. The molecule has 1 aromatic rings. The Balaban J connectivity index is 0.00000484. The lowest BCUT2D eigenvalue weighted by Gasteiger charge is -2.23. The van der Waals surface area contributed by atoms with E-state index in [1.165, 1.54) is 0 Å². The van der Waals surface area contributed by atoms with Crippen molar-refractivity contribution in [2.24, 2.45) is 4.99 Å². The third-order valence-corrected chi connectivity index (χ3v) is 5.35. The number of rotatable bonds is 5. The fourth-order valence-electron chi connectivity index (χ4n) is 1.89. The van der Waals surface area contributed by atoms with Crippen molar-refractivity contribution in [2.75, 3.05) is 26.4 Å². The van der Waals surface area contributed by atoms with Crippen LogP contribution in [0.15, 0.2) is 29.3 Å². The summed E-state index contributed by atoms with van der Waals surface area (Å²) in [6.07, 6.45) is 0. The molecule has 1 N–H and O–H groups in total. The predicted molar refractivity (Wildman–Crippen MR) is 112 cm³/mol. The van der Waals surface area contributed by atoms with Crippen molar-refractivity contribution >= 4 is 52.3 Å². The normalized spacial score (nSPS) is 13.2. The van der Waals surface area contributed by atoms with Gasteiger partial charge in [-0.3, -0.25) is 9.20 Å². The van der Waals surface area contributed by atoms with Crippen LogP contribution < -0.4 is 5.32 Å². The van der Waals surface area contributed by atoms with Crippen LogP contribution in [0.4, 0.5) is 0 Å². The van der Waals surface area contributed by atoms with E-state index in [4.69, 9.17) is 11.6 Å². The third-order valence-electron chi connectivity index (χ3n) is 3.16. The first-order chi connectivity index (χ1) is 10.2. The van der Waals surface area contributed by atoms with Gasteiger partial charge in [0.2, 0.25) is 0 Å². The Labute approximate surface area is 164 Å². The third kappa shape index (κ3) is 8.35. The van der Waals surface area contributed by atoms with Gasteiger partial charge in [0.1, 0.15) is 0 Å². The van der Waals surface area contributed by atoms with Crippen LogP contribution in [-0.2, 0) is 17.3 Å². The fraction of sp³-hybridized carbons (Fsp3) is 0.562. The molecular formula is C16H27ClIN3OS. The van der Waals surface area contributed by atoms with Gasteiger partial charge in [-0.25, -0.2) is 0 Å². The summed E-state index contributed by atoms with van der Waals surface area (Å²) < 4.78 is 11.9. The van der Waals surface area contributed by atoms with Crippen molar-refractivity contribution in [1.29, 1.82) is 0 Å². The van der Waals surface area contributed by atoms with Crippen molar-refractivity contribution in [3.63, 3.8) is 0 Å². The van der Waals surface area contributed by atoms with Crippen LogP contribution in [0.1, 0.15) is 26.3 Å². The summed E-state index contributed by atoms with van der Waals surface area (Å²) in [5.74, 6) is 1.40. The minimum Gasteiger partial charge on any atom is -0.355 e. The minimum atomic E-state index is -0.860. The lowest BCUT2D eigenvalue weighted by Crippen LogP contribution is -2.41. The maximum absolute atomic E-state index is 12.0. The number of halogens is 2. The molecule has 0 amide bonds. The summed E-state index contributed by atoms with van der Waals surface area (Å²) in [6.45, 7) is 7.35. The molecule has 0 aromatic heterocycles. The zero-order valence-corrected chi connectivity index (χ0v) is 18.3. The molecule has 0 spiro atoms. The Bertz CT molecular complexity index is 529. The van der Waals surface area contributed by atoms with Crippen LogP contribution in [0.2, 0.25) is 5.02 Å². The van der Waals surface area contributed by atoms with Gasteiger partial charge in [0, 0.05) is 53.5 Å². The Morgan fingerprint density at radius 2 is 1.87 bits per heavy atom. The van der Waals surface area contributed by atoms with Crippen molar-refractivity contribution in [1.82, 2.24) is 10.2 Å². The lowest BCUT2D eigenvalue weighted by molar-refractivity contribution is 0.479. The number of nitrogens with one attached hydrogen (secondary N) is 1. The first-order valence-electron chi connectivity index (χ1n) is 7.28. The molecule has 0 saturated heterocycles. The maximum atomic E-state index is 12.0. The zero-order valence-electron chi connectivity index (χ0n) is 14.4. The first kappa shape index (κ1) is 22.7. The molecule has 0 aliphatic rings. The molecule has 0 aliphatic heterocycles. The number of hydrogen-bond donors (Lipinski definition) is 1. The van der Waals surface area contributed by atoms with E-state index in [2.05, 4.69) is 10.3 Å². The summed E-state index contributed by atoms with van der Waals surface area (Å²) >= 11 is 5.89. The fourth-order valence-corrected chi connectivity index (χ4v) is 2.91. The van der Waals surface area contributed by atoms with Gasteiger partial charge >= 0.3 is 0 Å². The van der Waals surface area contributed by atoms with E-state index >= 15 is 0 Å². The standard InChI is InChI=1S/C16H26ClN3OS.HI/c1-16(2,3)22(21)11-10-19-15(18-4)20(5)12-13-6-8-14(17)9-7-13;/h6-9H,10-12H2,1-5H3,(H,18,19);1H. The van der Waals surface area contributed by atoms with Gasteiger partial charge in [0.05, 0.1) is 0 Å². The maximum Gasteiger partial charge on any atom is 0.193 e. The number of nitrogens with zero attached hydrogens (tertiary/aromatic N) is 2. The van der Waals surface area contributed by atoms with Crippen molar-refractivity contribution in [3.05, 3.63) is 34.9 Å². The second-order valence-corrected chi connectivity index (χ2v) is 8.88. The van der Waals surface area contributed by atoms with E-state index in [-0.39, 0.29) is 28.7 Å². The number of guanidine groups is 1. The zero-order chi connectivity index (χ0) is 16.8. The van der Waals surface area contributed by atoms with Crippen LogP contribution in [0.3, 0.4) is 0 Å². The van der Waals surface area contributed by atoms with Crippen LogP contribution in [0, 0.1) is 0 Å². The van der Waals surface area contributed by atoms with Crippen molar-refractivity contribution in [3.8, 4) is 0 Å². The van der Waals surface area contributed by atoms with Gasteiger partial charge in [0.25, 0.3) is 0 Å². The molecule has 1 unspecified atom stereocenters. The molecule has 1 aromatic carbocycles. The first-order valence-corrected chi connectivity index (χ1v) is 8.98. The number of benzene rings is 1. The Morgan fingerprint density at radius 1 is 1.30 bits per heavy atom. The summed E-state index contributed by atoms with van der Waals surface area (Å²) in [7, 11) is 2.87. The second-order valence-electron chi connectivity index (χ2n) is 6.12. The molecule has 1 rings (SSSR count). The van der Waals surface area contributed by atoms with Gasteiger partial charge in [-0.15, -0.1) is 24.0 Å². The Hall–Kier alpha value is -0.340. The highest BCUT2D eigenvalue weighted by Crippen LogP contribution is 2.12. The average Bonchev–Trinajstić information content (AvgIpc) is 2.44. The summed E-state index contributed by atoms with van der Waals surface area (Å²) in [5, 5.41) is 4.00. The van der Waals surface area contributed by atoms with E-state index < -0.39 is 10.8 Å². The van der Waals surface area contributed by atoms with Gasteiger partial charge in [-0.1, -0.05) is 23.7 Å². The molecule has 0 radical (unpaired) electrons. The largest absolute Gasteiger partial charge is 0.355 e. The molecule has 0 aliphatic carbocycles. The molecule has 1 atom stereocenters. The van der Waals surface area contributed by atoms with Gasteiger partial charge in [-0.2, -0.15) is 0 Å². The summed E-state index contributed by atoms with van der Waals surface area (Å²) in [5.41, 5.74) is 1.16. The average molecular weight is 472 g/mol. The highest BCUT2D eigenvalue weighted by Gasteiger charge is 2.19. The van der Waals surface area contributed by atoms with Crippen LogP contribution in [0.5, 0.6) is 0 Å². The van der Waals surface area contributed by atoms with Gasteiger partial charge < -0.3 is 10.2 Å². The van der Waals surface area contributed by atoms with E-state index in [0.717, 1.165) is 23.1 Å². The molecule has 132 valence electrons. The quantitative estimate of drug-likeness (QED) is 0.406. The summed E-state index contributed by atoms with van der Waals surface area (Å²) in [6, 6.07) is 7.77. The van der Waals surface area contributed by atoms with Gasteiger partial charge in [0.15, 0.2) is 5.96 Å². The van der Waals surface area contributed by atoms with Crippen molar-refractivity contribution < 1.29 is 4.21 Å². The smallest absolute Gasteiger partial charge is 0.193 e. The van der Waals surface area contributed by atoms with E-state index in [9.17, 15) is 4.21 Å². The van der Waals surface area contributed by atoms with E-state index in [1.807, 2.05) is 57.0 Å². The molecule has 4 nitrogen and oxygen atoms in total. The number of hydrogen-bond acceptors (Lipinski definition) is 2. The number of aliphatic imine (C=N–C) groups is 1. The Kier molecular flexibility index (Phi) is 10.4. The summed E-state index contributed by atoms with van der Waals surface area (Å²) in [4.78, 5) is 6.30. The lowest BCUT2D eigenvalue weighted by atomic mass is 10.2. The van der Waals surface area contributed by atoms with Crippen LogP contribution >= 0.6 is 35.6 Å². The molecule has 0 heterocycles. The van der Waals surface area contributed by atoms with Crippen LogP contribution in [0.25, 0.3) is 0 Å². The Morgan fingerprint density at radius 3 is 2.35 bits per heavy atom.